The zero-order chi connectivity index (χ0) is 12.9. The van der Waals surface area contributed by atoms with E-state index < -0.39 is 10.0 Å². The van der Waals surface area contributed by atoms with Crippen molar-refractivity contribution in [2.24, 2.45) is 5.92 Å². The first-order valence-electron chi connectivity index (χ1n) is 6.23. The van der Waals surface area contributed by atoms with Crippen molar-refractivity contribution in [3.8, 4) is 0 Å². The molecule has 0 saturated carbocycles. The molecule has 0 aromatic heterocycles. The quantitative estimate of drug-likeness (QED) is 0.716. The van der Waals surface area contributed by atoms with Crippen molar-refractivity contribution in [1.82, 2.24) is 9.62 Å². The molecule has 1 fully saturated rings. The molecule has 1 N–H and O–H groups in total. The second kappa shape index (κ2) is 6.92. The van der Waals surface area contributed by atoms with Crippen LogP contribution in [0.15, 0.2) is 0 Å². The predicted molar refractivity (Wildman–Crippen MR) is 71.9 cm³/mol. The van der Waals surface area contributed by atoms with Crippen LogP contribution < -0.4 is 4.72 Å². The van der Waals surface area contributed by atoms with Gasteiger partial charge in [0.05, 0.1) is 5.75 Å². The number of hydrogen-bond donors (Lipinski definition) is 1. The third kappa shape index (κ3) is 5.12. The molecule has 4 nitrogen and oxygen atoms in total. The molecule has 0 radical (unpaired) electrons. The Morgan fingerprint density at radius 2 is 1.88 bits per heavy atom. The Hall–Kier alpha value is 0.160. The van der Waals surface area contributed by atoms with Crippen molar-refractivity contribution in [2.45, 2.75) is 32.7 Å². The highest BCUT2D eigenvalue weighted by Gasteiger charge is 2.25. The van der Waals surface area contributed by atoms with Crippen LogP contribution in [0.5, 0.6) is 0 Å². The molecule has 0 aliphatic carbocycles. The lowest BCUT2D eigenvalue weighted by molar-refractivity contribution is 0.193. The lowest BCUT2D eigenvalue weighted by Gasteiger charge is -2.30. The van der Waals surface area contributed by atoms with E-state index in [1.54, 1.807) is 0 Å². The number of hydrogen-bond acceptors (Lipinski definition) is 3. The van der Waals surface area contributed by atoms with E-state index in [2.05, 4.69) is 23.5 Å². The maximum atomic E-state index is 11.6. The highest BCUT2D eigenvalue weighted by atomic mass is 35.5. The van der Waals surface area contributed by atoms with E-state index in [4.69, 9.17) is 11.6 Å². The van der Waals surface area contributed by atoms with Gasteiger partial charge in [-0.3, -0.25) is 4.90 Å². The van der Waals surface area contributed by atoms with Gasteiger partial charge in [0.25, 0.3) is 0 Å². The van der Waals surface area contributed by atoms with Gasteiger partial charge in [-0.05, 0) is 31.8 Å². The summed E-state index contributed by atoms with van der Waals surface area (Å²) in [6.45, 7) is 6.94. The first-order valence-corrected chi connectivity index (χ1v) is 8.42. The summed E-state index contributed by atoms with van der Waals surface area (Å²) in [4.78, 5) is 2.38. The highest BCUT2D eigenvalue weighted by Crippen LogP contribution is 2.17. The number of sulfonamides is 1. The summed E-state index contributed by atoms with van der Waals surface area (Å²) in [6.07, 6.45) is 2.44. The van der Waals surface area contributed by atoms with Crippen molar-refractivity contribution in [2.75, 3.05) is 31.3 Å². The van der Waals surface area contributed by atoms with Crippen molar-refractivity contribution in [3.63, 3.8) is 0 Å². The van der Waals surface area contributed by atoms with Crippen LogP contribution in [0.3, 0.4) is 0 Å². The lowest BCUT2D eigenvalue weighted by atomic mass is 10.0. The molecular weight excluding hydrogens is 260 g/mol. The van der Waals surface area contributed by atoms with Gasteiger partial charge < -0.3 is 0 Å². The Balaban J connectivity index is 2.50. The van der Waals surface area contributed by atoms with Gasteiger partial charge in [0.1, 0.15) is 0 Å². The molecule has 0 aromatic rings. The highest BCUT2D eigenvalue weighted by molar-refractivity contribution is 7.89. The topological polar surface area (TPSA) is 49.4 Å². The first-order chi connectivity index (χ1) is 7.96. The number of alkyl halides is 1. The molecule has 17 heavy (non-hydrogen) atoms. The molecule has 0 aromatic carbocycles. The van der Waals surface area contributed by atoms with Gasteiger partial charge in [-0.2, -0.15) is 0 Å². The molecular formula is C11H23ClN2O2S. The summed E-state index contributed by atoms with van der Waals surface area (Å²) in [5, 5.41) is 0. The SMILES string of the molecule is CC(C)C(CNS(=O)(=O)CCCl)N1CCCC1. The molecule has 0 spiro atoms. The molecule has 1 aliphatic heterocycles. The smallest absolute Gasteiger partial charge is 0.212 e. The Morgan fingerprint density at radius 3 is 2.35 bits per heavy atom. The monoisotopic (exact) mass is 282 g/mol. The fourth-order valence-electron chi connectivity index (χ4n) is 2.25. The predicted octanol–water partition coefficient (Wildman–Crippen LogP) is 1.26. The van der Waals surface area contributed by atoms with Gasteiger partial charge in [0, 0.05) is 18.5 Å². The van der Waals surface area contributed by atoms with Crippen LogP contribution in [0.4, 0.5) is 0 Å². The summed E-state index contributed by atoms with van der Waals surface area (Å²) in [5.41, 5.74) is 0. The molecule has 1 heterocycles. The van der Waals surface area contributed by atoms with Crippen LogP contribution in [0.2, 0.25) is 0 Å². The number of rotatable bonds is 7. The second-order valence-corrected chi connectivity index (χ2v) is 7.22. The second-order valence-electron chi connectivity index (χ2n) is 4.91. The molecule has 102 valence electrons. The first kappa shape index (κ1) is 15.2. The van der Waals surface area contributed by atoms with Crippen LogP contribution in [0.1, 0.15) is 26.7 Å². The molecule has 0 bridgehead atoms. The van der Waals surface area contributed by atoms with E-state index >= 15 is 0 Å². The average molecular weight is 283 g/mol. The Kier molecular flexibility index (Phi) is 6.20. The molecule has 1 saturated heterocycles. The van der Waals surface area contributed by atoms with Crippen LogP contribution >= 0.6 is 11.6 Å². The molecule has 6 heteroatoms. The number of nitrogens with zero attached hydrogens (tertiary/aromatic N) is 1. The Morgan fingerprint density at radius 1 is 1.29 bits per heavy atom. The van der Waals surface area contributed by atoms with Gasteiger partial charge in [-0.25, -0.2) is 13.1 Å². The molecule has 1 unspecified atom stereocenters. The maximum Gasteiger partial charge on any atom is 0.212 e. The summed E-state index contributed by atoms with van der Waals surface area (Å²) in [7, 11) is -3.20. The fraction of sp³-hybridized carbons (Fsp3) is 1.00. The van der Waals surface area contributed by atoms with E-state index in [1.165, 1.54) is 12.8 Å². The molecule has 1 rings (SSSR count). The van der Waals surface area contributed by atoms with E-state index in [-0.39, 0.29) is 11.6 Å². The Labute approximate surface area is 110 Å². The van der Waals surface area contributed by atoms with Crippen molar-refractivity contribution >= 4 is 21.6 Å². The maximum absolute atomic E-state index is 11.6. The van der Waals surface area contributed by atoms with E-state index in [9.17, 15) is 8.42 Å². The summed E-state index contributed by atoms with van der Waals surface area (Å²) < 4.78 is 25.8. The van der Waals surface area contributed by atoms with Gasteiger partial charge >= 0.3 is 0 Å². The lowest BCUT2D eigenvalue weighted by Crippen LogP contribution is -2.46. The fourth-order valence-corrected chi connectivity index (χ4v) is 3.63. The molecule has 1 atom stereocenters. The van der Waals surface area contributed by atoms with E-state index in [1.807, 2.05) is 0 Å². The van der Waals surface area contributed by atoms with Crippen molar-refractivity contribution in [1.29, 1.82) is 0 Å². The summed E-state index contributed by atoms with van der Waals surface area (Å²) in [6, 6.07) is 0.294. The third-order valence-electron chi connectivity index (χ3n) is 3.24. The summed E-state index contributed by atoms with van der Waals surface area (Å²) in [5.74, 6) is 0.594. The minimum absolute atomic E-state index is 0.000624. The minimum atomic E-state index is -3.20. The zero-order valence-corrected chi connectivity index (χ0v) is 12.2. The van der Waals surface area contributed by atoms with Crippen LogP contribution in [-0.4, -0.2) is 50.6 Å². The van der Waals surface area contributed by atoms with Gasteiger partial charge in [-0.1, -0.05) is 13.8 Å². The van der Waals surface area contributed by atoms with Crippen molar-refractivity contribution in [3.05, 3.63) is 0 Å². The standard InChI is InChI=1S/C11H23ClN2O2S/c1-10(2)11(14-6-3-4-7-14)9-13-17(15,16)8-5-12/h10-11,13H,3-9H2,1-2H3. The van der Waals surface area contributed by atoms with Crippen LogP contribution in [0, 0.1) is 5.92 Å². The number of likely N-dealkylation sites (tertiary alicyclic amines) is 1. The van der Waals surface area contributed by atoms with Gasteiger partial charge in [-0.15, -0.1) is 11.6 Å². The summed E-state index contributed by atoms with van der Waals surface area (Å²) >= 11 is 5.46. The number of halogens is 1. The average Bonchev–Trinajstić information content (AvgIpc) is 2.70. The number of nitrogens with one attached hydrogen (secondary N) is 1. The normalized spacial score (nSPS) is 20.0. The third-order valence-corrected chi connectivity index (χ3v) is 5.00. The van der Waals surface area contributed by atoms with Gasteiger partial charge in [0.15, 0.2) is 0 Å². The van der Waals surface area contributed by atoms with Crippen LogP contribution in [0.25, 0.3) is 0 Å². The van der Waals surface area contributed by atoms with E-state index in [0.29, 0.717) is 18.5 Å². The largest absolute Gasteiger partial charge is 0.299 e. The minimum Gasteiger partial charge on any atom is -0.299 e. The zero-order valence-electron chi connectivity index (χ0n) is 10.7. The van der Waals surface area contributed by atoms with Crippen LogP contribution in [-0.2, 0) is 10.0 Å². The van der Waals surface area contributed by atoms with E-state index in [0.717, 1.165) is 13.1 Å². The van der Waals surface area contributed by atoms with Gasteiger partial charge in [0.2, 0.25) is 10.0 Å². The molecule has 0 amide bonds. The Bertz CT molecular complexity index is 313. The molecule has 1 aliphatic rings. The van der Waals surface area contributed by atoms with Crippen molar-refractivity contribution < 1.29 is 8.42 Å².